The Bertz CT molecular complexity index is 1050. The van der Waals surface area contributed by atoms with Crippen LogP contribution in [0.2, 0.25) is 0 Å². The Kier molecular flexibility index (Phi) is 7.77. The van der Waals surface area contributed by atoms with E-state index in [9.17, 15) is 14.4 Å². The zero-order chi connectivity index (χ0) is 23.1. The number of hydrogen-bond donors (Lipinski definition) is 1. The topological polar surface area (TPSA) is 102 Å². The Hall–Kier alpha value is -3.46. The molecule has 3 rings (SSSR count). The maximum absolute atomic E-state index is 12.8. The van der Waals surface area contributed by atoms with Gasteiger partial charge < -0.3 is 19.3 Å². The normalized spacial score (nSPS) is 14.7. The van der Waals surface area contributed by atoms with Gasteiger partial charge in [0.1, 0.15) is 12.4 Å². The highest BCUT2D eigenvalue weighted by Crippen LogP contribution is 2.37. The molecule has 1 aliphatic rings. The predicted octanol–water partition coefficient (Wildman–Crippen LogP) is 3.97. The molecule has 1 N–H and O–H groups in total. The number of para-hydroxylation sites is 1. The summed E-state index contributed by atoms with van der Waals surface area (Å²) in [5.74, 6) is -0.366. The zero-order valence-electron chi connectivity index (χ0n) is 17.7. The molecule has 0 radical (unpaired) electrons. The Balaban J connectivity index is 1.74. The van der Waals surface area contributed by atoms with Crippen LogP contribution in [0.5, 0.6) is 17.2 Å². The molecule has 32 heavy (non-hydrogen) atoms. The van der Waals surface area contributed by atoms with E-state index in [1.165, 1.54) is 6.08 Å². The molecular weight excluding hydrogens is 434 g/mol. The molecule has 2 aromatic rings. The summed E-state index contributed by atoms with van der Waals surface area (Å²) in [5, 5.41) is 8.56. The van der Waals surface area contributed by atoms with Gasteiger partial charge in [0.05, 0.1) is 18.1 Å². The number of aliphatic carboxylic acids is 1. The highest BCUT2D eigenvalue weighted by Gasteiger charge is 2.35. The maximum Gasteiger partial charge on any atom is 0.341 e. The van der Waals surface area contributed by atoms with Crippen molar-refractivity contribution in [3.05, 3.63) is 58.5 Å². The lowest BCUT2D eigenvalue weighted by Crippen LogP contribution is -2.32. The van der Waals surface area contributed by atoms with E-state index in [1.807, 2.05) is 31.2 Å². The molecule has 0 spiro atoms. The highest BCUT2D eigenvalue weighted by atomic mass is 32.2. The van der Waals surface area contributed by atoms with Crippen molar-refractivity contribution >= 4 is 35.0 Å². The lowest BCUT2D eigenvalue weighted by Gasteiger charge is -2.14. The van der Waals surface area contributed by atoms with Crippen molar-refractivity contribution in [3.63, 3.8) is 0 Å². The number of carboxylic acid groups (broad SMARTS) is 1. The highest BCUT2D eigenvalue weighted by molar-refractivity contribution is 8.18. The first-order valence-corrected chi connectivity index (χ1v) is 10.8. The number of ether oxygens (including phenoxy) is 3. The van der Waals surface area contributed by atoms with Crippen molar-refractivity contribution < 1.29 is 33.7 Å². The fraction of sp³-hybridized carbons (Fsp3) is 0.261. The molecule has 2 aromatic carbocycles. The number of carboxylic acids is 1. The smallest absolute Gasteiger partial charge is 0.341 e. The first-order chi connectivity index (χ1) is 15.4. The minimum Gasteiger partial charge on any atom is -0.492 e. The van der Waals surface area contributed by atoms with E-state index in [0.717, 1.165) is 22.2 Å². The number of carbonyl (C=O) groups is 3. The fourth-order valence-electron chi connectivity index (χ4n) is 3.00. The van der Waals surface area contributed by atoms with Crippen LogP contribution in [0.3, 0.4) is 0 Å². The van der Waals surface area contributed by atoms with Crippen LogP contribution in [-0.4, -0.2) is 53.5 Å². The maximum atomic E-state index is 12.8. The van der Waals surface area contributed by atoms with Crippen molar-refractivity contribution in [1.29, 1.82) is 0 Å². The quantitative estimate of drug-likeness (QED) is 0.535. The van der Waals surface area contributed by atoms with E-state index in [-0.39, 0.29) is 23.8 Å². The number of hydrogen-bond acceptors (Lipinski definition) is 7. The van der Waals surface area contributed by atoms with Gasteiger partial charge >= 0.3 is 5.97 Å². The lowest BCUT2D eigenvalue weighted by atomic mass is 10.1. The minimum absolute atomic E-state index is 0.108. The lowest BCUT2D eigenvalue weighted by molar-refractivity contribution is -0.139. The molecule has 8 nitrogen and oxygen atoms in total. The van der Waals surface area contributed by atoms with E-state index in [2.05, 4.69) is 0 Å². The third-order valence-electron chi connectivity index (χ3n) is 4.38. The fourth-order valence-corrected chi connectivity index (χ4v) is 3.85. The monoisotopic (exact) mass is 457 g/mol. The number of rotatable bonds is 10. The van der Waals surface area contributed by atoms with Crippen molar-refractivity contribution in [3.8, 4) is 17.2 Å². The Morgan fingerprint density at radius 1 is 1.12 bits per heavy atom. The van der Waals surface area contributed by atoms with Gasteiger partial charge in [0.2, 0.25) is 0 Å². The molecule has 0 aromatic heterocycles. The average molecular weight is 458 g/mol. The van der Waals surface area contributed by atoms with Crippen LogP contribution in [0.1, 0.15) is 18.1 Å². The summed E-state index contributed by atoms with van der Waals surface area (Å²) in [6.07, 6.45) is 1.51. The van der Waals surface area contributed by atoms with Crippen molar-refractivity contribution in [2.24, 2.45) is 0 Å². The number of carbonyl (C=O) groups excluding carboxylic acids is 2. The first kappa shape index (κ1) is 23.2. The second kappa shape index (κ2) is 10.7. The molecular formula is C23H23NO7S. The molecule has 1 heterocycles. The molecule has 0 atom stereocenters. The van der Waals surface area contributed by atoms with E-state index in [1.54, 1.807) is 25.1 Å². The summed E-state index contributed by atoms with van der Waals surface area (Å²) in [6, 6.07) is 12.5. The van der Waals surface area contributed by atoms with Crippen LogP contribution >= 0.6 is 11.8 Å². The van der Waals surface area contributed by atoms with E-state index >= 15 is 0 Å². The van der Waals surface area contributed by atoms with Crippen LogP contribution in [0.15, 0.2) is 47.4 Å². The second-order valence-electron chi connectivity index (χ2n) is 6.79. The van der Waals surface area contributed by atoms with Gasteiger partial charge in [-0.15, -0.1) is 0 Å². The van der Waals surface area contributed by atoms with Gasteiger partial charge in [-0.3, -0.25) is 14.5 Å². The van der Waals surface area contributed by atoms with E-state index in [0.29, 0.717) is 23.7 Å². The summed E-state index contributed by atoms with van der Waals surface area (Å²) >= 11 is 0.808. The van der Waals surface area contributed by atoms with E-state index < -0.39 is 23.7 Å². The SMILES string of the molecule is CCOc1cccc(/C=C2\SC(=O)N(CCOc3cccc(C)c3)C2=O)c1OCC(=O)O. The summed E-state index contributed by atoms with van der Waals surface area (Å²) in [4.78, 5) is 37.5. The van der Waals surface area contributed by atoms with Crippen molar-refractivity contribution in [1.82, 2.24) is 4.90 Å². The van der Waals surface area contributed by atoms with Gasteiger partial charge in [0.25, 0.3) is 11.1 Å². The van der Waals surface area contributed by atoms with Gasteiger partial charge in [0, 0.05) is 5.56 Å². The van der Waals surface area contributed by atoms with Crippen LogP contribution in [0.4, 0.5) is 4.79 Å². The minimum atomic E-state index is -1.14. The molecule has 0 bridgehead atoms. The molecule has 1 aliphatic heterocycles. The Morgan fingerprint density at radius 2 is 1.91 bits per heavy atom. The first-order valence-electron chi connectivity index (χ1n) is 9.94. The van der Waals surface area contributed by atoms with Gasteiger partial charge in [0.15, 0.2) is 18.1 Å². The summed E-state index contributed by atoms with van der Waals surface area (Å²) < 4.78 is 16.6. The number of aryl methyl sites for hydroxylation is 1. The second-order valence-corrected chi connectivity index (χ2v) is 7.78. The predicted molar refractivity (Wildman–Crippen MR) is 120 cm³/mol. The van der Waals surface area contributed by atoms with Crippen LogP contribution in [-0.2, 0) is 9.59 Å². The van der Waals surface area contributed by atoms with E-state index in [4.69, 9.17) is 19.3 Å². The number of imide groups is 1. The van der Waals surface area contributed by atoms with Crippen molar-refractivity contribution in [2.45, 2.75) is 13.8 Å². The van der Waals surface area contributed by atoms with Crippen molar-refractivity contribution in [2.75, 3.05) is 26.4 Å². The van der Waals surface area contributed by atoms with Gasteiger partial charge in [-0.25, -0.2) is 4.79 Å². The Morgan fingerprint density at radius 3 is 2.62 bits per heavy atom. The largest absolute Gasteiger partial charge is 0.492 e. The summed E-state index contributed by atoms with van der Waals surface area (Å²) in [7, 11) is 0. The molecule has 0 unspecified atom stereocenters. The van der Waals surface area contributed by atoms with Gasteiger partial charge in [-0.2, -0.15) is 0 Å². The average Bonchev–Trinajstić information content (AvgIpc) is 3.01. The third kappa shape index (κ3) is 5.82. The standard InChI is InChI=1S/C23H23NO7S/c1-3-29-18-9-5-7-16(21(18)31-14-20(25)26)13-19-22(27)24(23(28)32-19)10-11-30-17-8-4-6-15(2)12-17/h4-9,12-13H,3,10-11,14H2,1-2H3,(H,25,26)/b19-13-. The molecule has 2 amide bonds. The number of amides is 2. The van der Waals surface area contributed by atoms with Gasteiger partial charge in [-0.05, 0) is 55.4 Å². The summed E-state index contributed by atoms with van der Waals surface area (Å²) in [6.45, 7) is 3.80. The molecule has 0 aliphatic carbocycles. The molecule has 9 heteroatoms. The van der Waals surface area contributed by atoms with Crippen LogP contribution < -0.4 is 14.2 Å². The molecule has 0 saturated carbocycles. The summed E-state index contributed by atoms with van der Waals surface area (Å²) in [5.41, 5.74) is 1.49. The zero-order valence-corrected chi connectivity index (χ0v) is 18.5. The van der Waals surface area contributed by atoms with Crippen LogP contribution in [0.25, 0.3) is 6.08 Å². The van der Waals surface area contributed by atoms with Crippen LogP contribution in [0, 0.1) is 6.92 Å². The number of thioether (sulfide) groups is 1. The number of benzene rings is 2. The molecule has 1 fully saturated rings. The van der Waals surface area contributed by atoms with Gasteiger partial charge in [-0.1, -0.05) is 24.3 Å². The Labute approximate surface area is 189 Å². The number of nitrogens with zero attached hydrogens (tertiary/aromatic N) is 1. The third-order valence-corrected chi connectivity index (χ3v) is 5.29. The molecule has 1 saturated heterocycles. The molecule has 168 valence electrons.